The van der Waals surface area contributed by atoms with Crippen LogP contribution in [0.15, 0.2) is 43.0 Å². The summed E-state index contributed by atoms with van der Waals surface area (Å²) in [6.07, 6.45) is 6.92. The minimum absolute atomic E-state index is 0.554. The second-order valence-electron chi connectivity index (χ2n) is 6.83. The Balaban J connectivity index is 1.45. The van der Waals surface area contributed by atoms with E-state index >= 15 is 0 Å². The number of hydrogen-bond acceptors (Lipinski definition) is 3. The van der Waals surface area contributed by atoms with Gasteiger partial charge in [-0.05, 0) is 23.6 Å². The van der Waals surface area contributed by atoms with Crippen molar-refractivity contribution >= 4 is 0 Å². The molecule has 0 radical (unpaired) electrons. The first-order valence-corrected chi connectivity index (χ1v) is 8.56. The predicted octanol–water partition coefficient (Wildman–Crippen LogP) is 3.28. The van der Waals surface area contributed by atoms with Crippen LogP contribution in [0.25, 0.3) is 5.69 Å². The summed E-state index contributed by atoms with van der Waals surface area (Å²) < 4.78 is 1.96. The number of hydrogen-bond donors (Lipinski definition) is 1. The van der Waals surface area contributed by atoms with Crippen LogP contribution in [-0.2, 0) is 19.5 Å². The molecule has 0 spiro atoms. The molecular formula is C19H23N5. The zero-order valence-electron chi connectivity index (χ0n) is 14.2. The van der Waals surface area contributed by atoms with Crippen molar-refractivity contribution in [3.63, 3.8) is 0 Å². The van der Waals surface area contributed by atoms with Gasteiger partial charge in [0.15, 0.2) is 0 Å². The van der Waals surface area contributed by atoms with Gasteiger partial charge < -0.3 is 4.98 Å². The molecule has 0 saturated heterocycles. The lowest BCUT2D eigenvalue weighted by atomic mass is 10.0. The largest absolute Gasteiger partial charge is 0.347 e. The molecule has 5 heteroatoms. The van der Waals surface area contributed by atoms with E-state index in [9.17, 15) is 0 Å². The van der Waals surface area contributed by atoms with Crippen LogP contribution in [-0.4, -0.2) is 31.2 Å². The van der Waals surface area contributed by atoms with Gasteiger partial charge in [-0.3, -0.25) is 4.90 Å². The average molecular weight is 321 g/mol. The Labute approximate surface area is 142 Å². The van der Waals surface area contributed by atoms with E-state index < -0.39 is 0 Å². The maximum absolute atomic E-state index is 4.53. The third-order valence-electron chi connectivity index (χ3n) is 4.72. The van der Waals surface area contributed by atoms with Crippen LogP contribution < -0.4 is 0 Å². The highest BCUT2D eigenvalue weighted by Crippen LogP contribution is 2.19. The summed E-state index contributed by atoms with van der Waals surface area (Å²) in [5, 5.41) is 4.53. The number of rotatable bonds is 4. The van der Waals surface area contributed by atoms with E-state index in [0.29, 0.717) is 5.92 Å². The SMILES string of the molecule is CC(C)c1ccc(-n2cc(CN3CCc4nc[nH]c4C3)cn2)cc1. The van der Waals surface area contributed by atoms with Gasteiger partial charge in [0.05, 0.1) is 29.6 Å². The minimum atomic E-state index is 0.554. The van der Waals surface area contributed by atoms with Gasteiger partial charge in [0.25, 0.3) is 0 Å². The van der Waals surface area contributed by atoms with E-state index in [2.05, 4.69) is 64.3 Å². The fraction of sp³-hybridized carbons (Fsp3) is 0.368. The summed E-state index contributed by atoms with van der Waals surface area (Å²) in [5.74, 6) is 0.554. The first kappa shape index (κ1) is 15.1. The van der Waals surface area contributed by atoms with Crippen LogP contribution in [0.2, 0.25) is 0 Å². The third kappa shape index (κ3) is 2.99. The van der Waals surface area contributed by atoms with Gasteiger partial charge in [-0.15, -0.1) is 0 Å². The van der Waals surface area contributed by atoms with Crippen molar-refractivity contribution in [2.45, 2.75) is 39.3 Å². The summed E-state index contributed by atoms with van der Waals surface area (Å²) in [7, 11) is 0. The number of imidazole rings is 1. The zero-order chi connectivity index (χ0) is 16.5. The Morgan fingerprint density at radius 1 is 1.21 bits per heavy atom. The number of nitrogens with zero attached hydrogens (tertiary/aromatic N) is 4. The molecule has 124 valence electrons. The van der Waals surface area contributed by atoms with Gasteiger partial charge in [0.2, 0.25) is 0 Å². The van der Waals surface area contributed by atoms with E-state index in [1.807, 2.05) is 10.9 Å². The van der Waals surface area contributed by atoms with Gasteiger partial charge in [-0.1, -0.05) is 26.0 Å². The van der Waals surface area contributed by atoms with Gasteiger partial charge in [0, 0.05) is 37.8 Å². The number of aromatic nitrogens is 4. The van der Waals surface area contributed by atoms with Gasteiger partial charge in [-0.2, -0.15) is 5.10 Å². The second kappa shape index (κ2) is 6.24. The Hall–Kier alpha value is -2.40. The molecule has 1 aliphatic heterocycles. The van der Waals surface area contributed by atoms with Crippen molar-refractivity contribution in [3.8, 4) is 5.69 Å². The van der Waals surface area contributed by atoms with Crippen molar-refractivity contribution in [2.24, 2.45) is 0 Å². The Bertz CT molecular complexity index is 812. The second-order valence-corrected chi connectivity index (χ2v) is 6.83. The van der Waals surface area contributed by atoms with E-state index in [-0.39, 0.29) is 0 Å². The molecule has 1 N–H and O–H groups in total. The van der Waals surface area contributed by atoms with E-state index in [0.717, 1.165) is 31.7 Å². The highest BCUT2D eigenvalue weighted by atomic mass is 15.3. The van der Waals surface area contributed by atoms with Crippen LogP contribution >= 0.6 is 0 Å². The van der Waals surface area contributed by atoms with Crippen molar-refractivity contribution < 1.29 is 0 Å². The molecule has 1 aliphatic rings. The molecule has 5 nitrogen and oxygen atoms in total. The fourth-order valence-electron chi connectivity index (χ4n) is 3.26. The molecule has 3 aromatic rings. The summed E-state index contributed by atoms with van der Waals surface area (Å²) in [5.41, 5.74) is 6.17. The molecule has 4 rings (SSSR count). The van der Waals surface area contributed by atoms with Crippen LogP contribution in [0.4, 0.5) is 0 Å². The van der Waals surface area contributed by atoms with Crippen molar-refractivity contribution in [3.05, 3.63) is 65.5 Å². The van der Waals surface area contributed by atoms with E-state index in [4.69, 9.17) is 0 Å². The van der Waals surface area contributed by atoms with Gasteiger partial charge in [0.1, 0.15) is 0 Å². The highest BCUT2D eigenvalue weighted by molar-refractivity contribution is 5.35. The van der Waals surface area contributed by atoms with Crippen LogP contribution in [0, 0.1) is 0 Å². The Kier molecular flexibility index (Phi) is 3.94. The maximum atomic E-state index is 4.53. The summed E-state index contributed by atoms with van der Waals surface area (Å²) >= 11 is 0. The quantitative estimate of drug-likeness (QED) is 0.802. The predicted molar refractivity (Wildman–Crippen MR) is 94.1 cm³/mol. The van der Waals surface area contributed by atoms with Crippen molar-refractivity contribution in [2.75, 3.05) is 6.54 Å². The van der Waals surface area contributed by atoms with Crippen LogP contribution in [0.1, 0.15) is 42.3 Å². The number of fused-ring (bicyclic) bond motifs is 1. The molecular weight excluding hydrogens is 298 g/mol. The molecule has 24 heavy (non-hydrogen) atoms. The summed E-state index contributed by atoms with van der Waals surface area (Å²) in [6, 6.07) is 8.66. The lowest BCUT2D eigenvalue weighted by molar-refractivity contribution is 0.241. The smallest absolute Gasteiger partial charge is 0.0925 e. The molecule has 0 amide bonds. The van der Waals surface area contributed by atoms with Gasteiger partial charge >= 0.3 is 0 Å². The zero-order valence-corrected chi connectivity index (χ0v) is 14.2. The molecule has 0 atom stereocenters. The lowest BCUT2D eigenvalue weighted by Crippen LogP contribution is -2.30. The minimum Gasteiger partial charge on any atom is -0.347 e. The first-order chi connectivity index (χ1) is 11.7. The van der Waals surface area contributed by atoms with Crippen LogP contribution in [0.5, 0.6) is 0 Å². The lowest BCUT2D eigenvalue weighted by Gasteiger charge is -2.25. The summed E-state index contributed by atoms with van der Waals surface area (Å²) in [6.45, 7) is 7.33. The molecule has 0 fully saturated rings. The third-order valence-corrected chi connectivity index (χ3v) is 4.72. The molecule has 0 unspecified atom stereocenters. The van der Waals surface area contributed by atoms with Crippen molar-refractivity contribution in [1.82, 2.24) is 24.6 Å². The molecule has 2 aromatic heterocycles. The average Bonchev–Trinajstić information content (AvgIpc) is 3.24. The fourth-order valence-corrected chi connectivity index (χ4v) is 3.26. The van der Waals surface area contributed by atoms with E-state index in [1.54, 1.807) is 6.33 Å². The number of H-pyrrole nitrogens is 1. The van der Waals surface area contributed by atoms with Crippen molar-refractivity contribution in [1.29, 1.82) is 0 Å². The maximum Gasteiger partial charge on any atom is 0.0925 e. The molecule has 0 saturated carbocycles. The number of nitrogens with one attached hydrogen (secondary N) is 1. The molecule has 3 heterocycles. The number of aromatic amines is 1. The Morgan fingerprint density at radius 3 is 2.83 bits per heavy atom. The van der Waals surface area contributed by atoms with Gasteiger partial charge in [-0.25, -0.2) is 9.67 Å². The topological polar surface area (TPSA) is 49.7 Å². The standard InChI is InChI=1S/C19H23N5/c1-14(2)16-3-5-17(6-4-16)24-11-15(9-22-24)10-23-8-7-18-19(12-23)21-13-20-18/h3-6,9,11,13-14H,7-8,10,12H2,1-2H3,(H,20,21). The van der Waals surface area contributed by atoms with E-state index in [1.165, 1.54) is 22.5 Å². The highest BCUT2D eigenvalue weighted by Gasteiger charge is 2.18. The monoisotopic (exact) mass is 321 g/mol. The van der Waals surface area contributed by atoms with Crippen LogP contribution in [0.3, 0.4) is 0 Å². The first-order valence-electron chi connectivity index (χ1n) is 8.56. The summed E-state index contributed by atoms with van der Waals surface area (Å²) in [4.78, 5) is 10.0. The normalized spacial score (nSPS) is 15.0. The Morgan fingerprint density at radius 2 is 2.04 bits per heavy atom. The molecule has 0 aliphatic carbocycles. The number of benzene rings is 1. The molecule has 1 aromatic carbocycles. The molecule has 0 bridgehead atoms.